The van der Waals surface area contributed by atoms with Gasteiger partial charge in [-0.25, -0.2) is 0 Å². The van der Waals surface area contributed by atoms with Gasteiger partial charge in [0.15, 0.2) is 0 Å². The molecular formula is C8H5ClN2O4. The first-order valence-corrected chi connectivity index (χ1v) is 4.12. The van der Waals surface area contributed by atoms with Gasteiger partial charge in [-0.15, -0.1) is 0 Å². The summed E-state index contributed by atoms with van der Waals surface area (Å²) in [4.78, 5) is 30.6. The van der Waals surface area contributed by atoms with E-state index in [4.69, 9.17) is 11.6 Å². The number of hydrogen-bond donors (Lipinski definition) is 1. The van der Waals surface area contributed by atoms with Crippen molar-refractivity contribution in [2.45, 2.75) is 0 Å². The van der Waals surface area contributed by atoms with Gasteiger partial charge in [0.25, 0.3) is 11.6 Å². The summed E-state index contributed by atoms with van der Waals surface area (Å²) in [5, 5.41) is 12.8. The van der Waals surface area contributed by atoms with Gasteiger partial charge in [0.2, 0.25) is 6.29 Å². The summed E-state index contributed by atoms with van der Waals surface area (Å²) in [6.07, 6.45) is 0.0261. The van der Waals surface area contributed by atoms with E-state index < -0.39 is 10.8 Å². The van der Waals surface area contributed by atoms with E-state index in [0.29, 0.717) is 0 Å². The maximum absolute atomic E-state index is 10.7. The van der Waals surface area contributed by atoms with Gasteiger partial charge in [0.05, 0.1) is 4.92 Å². The molecule has 0 fully saturated rings. The highest BCUT2D eigenvalue weighted by molar-refractivity contribution is 6.31. The van der Waals surface area contributed by atoms with Crippen molar-refractivity contribution in [3.8, 4) is 0 Å². The Balaban J connectivity index is 3.11. The number of rotatable bonds is 3. The number of nitrogens with zero attached hydrogens (tertiary/aromatic N) is 1. The summed E-state index contributed by atoms with van der Waals surface area (Å²) in [6.45, 7) is 0. The fraction of sp³-hybridized carbons (Fsp3) is 0. The molecule has 0 saturated heterocycles. The van der Waals surface area contributed by atoms with Crippen LogP contribution in [-0.4, -0.2) is 17.1 Å². The van der Waals surface area contributed by atoms with Crippen LogP contribution in [0.15, 0.2) is 18.2 Å². The number of aldehydes is 1. The average Bonchev–Trinajstić information content (AvgIpc) is 2.20. The van der Waals surface area contributed by atoms with Gasteiger partial charge >= 0.3 is 0 Å². The second-order valence-corrected chi connectivity index (χ2v) is 2.96. The summed E-state index contributed by atoms with van der Waals surface area (Å²) in [5.74, 6) is -0.958. The number of halogens is 1. The molecule has 1 N–H and O–H groups in total. The van der Waals surface area contributed by atoms with Crippen LogP contribution in [0.25, 0.3) is 0 Å². The second kappa shape index (κ2) is 4.52. The van der Waals surface area contributed by atoms with Crippen LogP contribution in [-0.2, 0) is 9.59 Å². The monoisotopic (exact) mass is 228 g/mol. The Kier molecular flexibility index (Phi) is 3.35. The van der Waals surface area contributed by atoms with E-state index >= 15 is 0 Å². The van der Waals surface area contributed by atoms with Crippen molar-refractivity contribution in [1.82, 2.24) is 0 Å². The van der Waals surface area contributed by atoms with E-state index in [2.05, 4.69) is 5.32 Å². The fourth-order valence-corrected chi connectivity index (χ4v) is 1.09. The molecule has 6 nitrogen and oxygen atoms in total. The molecule has 0 unspecified atom stereocenters. The van der Waals surface area contributed by atoms with E-state index in [1.54, 1.807) is 0 Å². The lowest BCUT2D eigenvalue weighted by Crippen LogP contribution is -2.13. The van der Waals surface area contributed by atoms with Crippen molar-refractivity contribution in [2.24, 2.45) is 0 Å². The van der Waals surface area contributed by atoms with Gasteiger partial charge in [0.1, 0.15) is 5.69 Å². The van der Waals surface area contributed by atoms with E-state index in [1.165, 1.54) is 12.1 Å². The Bertz CT molecular complexity index is 433. The van der Waals surface area contributed by atoms with Crippen LogP contribution in [0.4, 0.5) is 11.4 Å². The molecule has 0 heterocycles. The van der Waals surface area contributed by atoms with Crippen LogP contribution in [0.3, 0.4) is 0 Å². The Morgan fingerprint density at radius 1 is 1.53 bits per heavy atom. The Morgan fingerprint density at radius 3 is 2.73 bits per heavy atom. The zero-order chi connectivity index (χ0) is 11.4. The highest BCUT2D eigenvalue weighted by atomic mass is 35.5. The molecule has 0 aliphatic heterocycles. The predicted octanol–water partition coefficient (Wildman–Crippen LogP) is 1.39. The fourth-order valence-electron chi connectivity index (χ4n) is 0.924. The van der Waals surface area contributed by atoms with E-state index in [0.717, 1.165) is 6.07 Å². The van der Waals surface area contributed by atoms with Gasteiger partial charge in [0, 0.05) is 11.1 Å². The van der Waals surface area contributed by atoms with Gasteiger partial charge < -0.3 is 5.32 Å². The van der Waals surface area contributed by atoms with E-state index in [1.807, 2.05) is 0 Å². The number of carbonyl (C=O) groups is 2. The predicted molar refractivity (Wildman–Crippen MR) is 52.8 cm³/mol. The normalized spacial score (nSPS) is 9.40. The van der Waals surface area contributed by atoms with Gasteiger partial charge in [-0.1, -0.05) is 11.6 Å². The highest BCUT2D eigenvalue weighted by Gasteiger charge is 2.15. The van der Waals surface area contributed by atoms with Crippen LogP contribution in [0, 0.1) is 10.1 Å². The lowest BCUT2D eigenvalue weighted by Gasteiger charge is -2.02. The van der Waals surface area contributed by atoms with Gasteiger partial charge in [-0.2, -0.15) is 0 Å². The standard InChI is InChI=1S/C8H5ClN2O4/c9-5-1-2-6(10-8(13)4-12)7(3-5)11(14)15/h1-4H,(H,10,13). The maximum atomic E-state index is 10.7. The third-order valence-electron chi connectivity index (χ3n) is 1.52. The topological polar surface area (TPSA) is 89.3 Å². The maximum Gasteiger partial charge on any atom is 0.294 e. The summed E-state index contributed by atoms with van der Waals surface area (Å²) in [7, 11) is 0. The Hall–Kier alpha value is -1.95. The third kappa shape index (κ3) is 2.75. The minimum Gasteiger partial charge on any atom is -0.314 e. The van der Waals surface area contributed by atoms with Crippen molar-refractivity contribution >= 4 is 35.2 Å². The smallest absolute Gasteiger partial charge is 0.294 e. The molecular weight excluding hydrogens is 224 g/mol. The largest absolute Gasteiger partial charge is 0.314 e. The molecule has 0 aromatic heterocycles. The van der Waals surface area contributed by atoms with Gasteiger partial charge in [-0.3, -0.25) is 19.7 Å². The second-order valence-electron chi connectivity index (χ2n) is 2.53. The van der Waals surface area contributed by atoms with Gasteiger partial charge in [-0.05, 0) is 12.1 Å². The first-order valence-electron chi connectivity index (χ1n) is 3.74. The van der Waals surface area contributed by atoms with Crippen LogP contribution in [0.1, 0.15) is 0 Å². The van der Waals surface area contributed by atoms with Crippen LogP contribution in [0.5, 0.6) is 0 Å². The summed E-state index contributed by atoms with van der Waals surface area (Å²) in [5.41, 5.74) is -0.431. The van der Waals surface area contributed by atoms with Crippen molar-refractivity contribution < 1.29 is 14.5 Å². The zero-order valence-electron chi connectivity index (χ0n) is 7.27. The minimum atomic E-state index is -0.958. The van der Waals surface area contributed by atoms with Crippen LogP contribution < -0.4 is 5.32 Å². The van der Waals surface area contributed by atoms with E-state index in [9.17, 15) is 19.7 Å². The molecule has 0 atom stereocenters. The molecule has 0 radical (unpaired) electrons. The van der Waals surface area contributed by atoms with Crippen LogP contribution in [0.2, 0.25) is 5.02 Å². The first kappa shape index (κ1) is 11.1. The lowest BCUT2D eigenvalue weighted by atomic mass is 10.2. The number of nitro benzene ring substituents is 1. The molecule has 0 aliphatic rings. The molecule has 1 aromatic rings. The highest BCUT2D eigenvalue weighted by Crippen LogP contribution is 2.27. The third-order valence-corrected chi connectivity index (χ3v) is 1.76. The number of nitrogens with one attached hydrogen (secondary N) is 1. The molecule has 7 heteroatoms. The average molecular weight is 229 g/mol. The number of anilines is 1. The van der Waals surface area contributed by atoms with E-state index in [-0.39, 0.29) is 22.7 Å². The molecule has 0 spiro atoms. The molecule has 1 rings (SSSR count). The lowest BCUT2D eigenvalue weighted by molar-refractivity contribution is -0.383. The summed E-state index contributed by atoms with van der Waals surface area (Å²) in [6, 6.07) is 3.71. The SMILES string of the molecule is O=CC(=O)Nc1ccc(Cl)cc1[N+](=O)[O-]. The van der Waals surface area contributed by atoms with Crippen molar-refractivity contribution in [1.29, 1.82) is 0 Å². The van der Waals surface area contributed by atoms with Crippen molar-refractivity contribution in [3.05, 3.63) is 33.3 Å². The molecule has 1 amide bonds. The number of hydrogen-bond acceptors (Lipinski definition) is 4. The first-order chi connectivity index (χ1) is 7.04. The number of benzene rings is 1. The van der Waals surface area contributed by atoms with Crippen molar-refractivity contribution in [2.75, 3.05) is 5.32 Å². The summed E-state index contributed by atoms with van der Waals surface area (Å²) >= 11 is 5.54. The minimum absolute atomic E-state index is 0.0261. The Morgan fingerprint density at radius 2 is 2.20 bits per heavy atom. The molecule has 78 valence electrons. The molecule has 0 bridgehead atoms. The number of amides is 1. The number of nitro groups is 1. The molecule has 0 saturated carbocycles. The molecule has 1 aromatic carbocycles. The zero-order valence-corrected chi connectivity index (χ0v) is 8.02. The molecule has 0 aliphatic carbocycles. The van der Waals surface area contributed by atoms with Crippen LogP contribution >= 0.6 is 11.6 Å². The number of carbonyl (C=O) groups excluding carboxylic acids is 2. The molecule has 15 heavy (non-hydrogen) atoms. The Labute approximate surface area is 89.0 Å². The van der Waals surface area contributed by atoms with Crippen molar-refractivity contribution in [3.63, 3.8) is 0 Å². The summed E-state index contributed by atoms with van der Waals surface area (Å²) < 4.78 is 0. The quantitative estimate of drug-likeness (QED) is 0.366.